The smallest absolute Gasteiger partial charge is 0.137 e. The molecule has 1 aromatic heterocycles. The molecule has 2 heterocycles. The Morgan fingerprint density at radius 2 is 2.22 bits per heavy atom. The van der Waals surface area contributed by atoms with E-state index in [9.17, 15) is 0 Å². The quantitative estimate of drug-likeness (QED) is 0.890. The molecular formula is C14H22N2OS. The van der Waals surface area contributed by atoms with Crippen LogP contribution in [0.15, 0.2) is 18.5 Å². The molecular weight excluding hydrogens is 244 g/mol. The second kappa shape index (κ2) is 7.00. The van der Waals surface area contributed by atoms with Crippen LogP contribution in [0.25, 0.3) is 0 Å². The molecule has 0 radical (unpaired) electrons. The molecule has 1 fully saturated rings. The van der Waals surface area contributed by atoms with E-state index < -0.39 is 0 Å². The third-order valence-electron chi connectivity index (χ3n) is 3.40. The van der Waals surface area contributed by atoms with Crippen LogP contribution in [0.4, 0.5) is 0 Å². The zero-order valence-electron chi connectivity index (χ0n) is 11.0. The van der Waals surface area contributed by atoms with Crippen molar-refractivity contribution in [3.63, 3.8) is 0 Å². The van der Waals surface area contributed by atoms with Crippen LogP contribution in [0.3, 0.4) is 0 Å². The van der Waals surface area contributed by atoms with Gasteiger partial charge in [-0.25, -0.2) is 0 Å². The highest BCUT2D eigenvalue weighted by atomic mass is 32.2. The molecule has 2 N–H and O–H groups in total. The summed E-state index contributed by atoms with van der Waals surface area (Å²) < 4.78 is 5.47. The van der Waals surface area contributed by atoms with E-state index in [4.69, 9.17) is 10.5 Å². The molecule has 1 atom stereocenters. The Balaban J connectivity index is 1.94. The van der Waals surface area contributed by atoms with Gasteiger partial charge in [-0.2, -0.15) is 11.8 Å². The standard InChI is InChI=1S/C14H22N2OS/c1-2-17-13-8-12(9-16-10-13)14(15)7-11-3-5-18-6-4-11/h8-11,14H,2-7,15H2,1H3. The van der Waals surface area contributed by atoms with Crippen molar-refractivity contribution in [2.45, 2.75) is 32.2 Å². The van der Waals surface area contributed by atoms with Crippen molar-refractivity contribution in [2.24, 2.45) is 11.7 Å². The van der Waals surface area contributed by atoms with E-state index in [2.05, 4.69) is 16.7 Å². The van der Waals surface area contributed by atoms with Gasteiger partial charge in [-0.1, -0.05) is 0 Å². The van der Waals surface area contributed by atoms with E-state index >= 15 is 0 Å². The number of nitrogens with zero attached hydrogens (tertiary/aromatic N) is 1. The summed E-state index contributed by atoms with van der Waals surface area (Å²) in [5.74, 6) is 4.17. The van der Waals surface area contributed by atoms with E-state index in [0.717, 1.165) is 23.7 Å². The first kappa shape index (κ1) is 13.7. The molecule has 1 saturated heterocycles. The third-order valence-corrected chi connectivity index (χ3v) is 4.45. The lowest BCUT2D eigenvalue weighted by Gasteiger charge is -2.24. The Morgan fingerprint density at radius 1 is 1.44 bits per heavy atom. The van der Waals surface area contributed by atoms with Gasteiger partial charge in [0.05, 0.1) is 12.8 Å². The van der Waals surface area contributed by atoms with Crippen molar-refractivity contribution in [1.82, 2.24) is 4.98 Å². The number of aromatic nitrogens is 1. The lowest BCUT2D eigenvalue weighted by atomic mass is 9.92. The Bertz CT molecular complexity index is 367. The summed E-state index contributed by atoms with van der Waals surface area (Å²) >= 11 is 2.06. The summed E-state index contributed by atoms with van der Waals surface area (Å²) in [6, 6.07) is 2.12. The van der Waals surface area contributed by atoms with Gasteiger partial charge in [-0.15, -0.1) is 0 Å². The number of hydrogen-bond acceptors (Lipinski definition) is 4. The van der Waals surface area contributed by atoms with Gasteiger partial charge in [-0.05, 0) is 55.2 Å². The molecule has 2 rings (SSSR count). The monoisotopic (exact) mass is 266 g/mol. The molecule has 0 bridgehead atoms. The fourth-order valence-electron chi connectivity index (χ4n) is 2.36. The number of thioether (sulfide) groups is 1. The summed E-state index contributed by atoms with van der Waals surface area (Å²) in [6.45, 7) is 2.65. The first-order valence-corrected chi connectivity index (χ1v) is 7.86. The summed E-state index contributed by atoms with van der Waals surface area (Å²) in [6.07, 6.45) is 7.29. The van der Waals surface area contributed by atoms with Crippen LogP contribution in [0, 0.1) is 5.92 Å². The minimum Gasteiger partial charge on any atom is -0.492 e. The Hall–Kier alpha value is -0.740. The van der Waals surface area contributed by atoms with Gasteiger partial charge in [0.1, 0.15) is 5.75 Å². The molecule has 1 unspecified atom stereocenters. The second-order valence-corrected chi connectivity index (χ2v) is 6.01. The van der Waals surface area contributed by atoms with Crippen molar-refractivity contribution < 1.29 is 4.74 Å². The molecule has 1 aromatic rings. The number of rotatable bonds is 5. The molecule has 100 valence electrons. The van der Waals surface area contributed by atoms with E-state index in [0.29, 0.717) is 6.61 Å². The van der Waals surface area contributed by atoms with Crippen LogP contribution in [0.2, 0.25) is 0 Å². The van der Waals surface area contributed by atoms with Crippen molar-refractivity contribution in [2.75, 3.05) is 18.1 Å². The highest BCUT2D eigenvalue weighted by Gasteiger charge is 2.18. The van der Waals surface area contributed by atoms with Crippen LogP contribution >= 0.6 is 11.8 Å². The highest BCUT2D eigenvalue weighted by Crippen LogP contribution is 2.30. The first-order valence-electron chi connectivity index (χ1n) is 6.70. The van der Waals surface area contributed by atoms with Gasteiger partial charge in [0.25, 0.3) is 0 Å². The second-order valence-electron chi connectivity index (χ2n) is 4.78. The summed E-state index contributed by atoms with van der Waals surface area (Å²) in [7, 11) is 0. The number of pyridine rings is 1. The molecule has 1 aliphatic rings. The van der Waals surface area contributed by atoms with Crippen molar-refractivity contribution in [1.29, 1.82) is 0 Å². The van der Waals surface area contributed by atoms with E-state index in [1.54, 1.807) is 6.20 Å². The average Bonchev–Trinajstić information content (AvgIpc) is 2.40. The van der Waals surface area contributed by atoms with Crippen LogP contribution in [-0.4, -0.2) is 23.1 Å². The topological polar surface area (TPSA) is 48.1 Å². The maximum absolute atomic E-state index is 6.29. The fraction of sp³-hybridized carbons (Fsp3) is 0.643. The van der Waals surface area contributed by atoms with Gasteiger partial charge in [0, 0.05) is 12.2 Å². The van der Waals surface area contributed by atoms with Gasteiger partial charge in [0.2, 0.25) is 0 Å². The zero-order valence-corrected chi connectivity index (χ0v) is 11.8. The highest BCUT2D eigenvalue weighted by molar-refractivity contribution is 7.99. The van der Waals surface area contributed by atoms with Crippen LogP contribution in [0.1, 0.15) is 37.8 Å². The molecule has 18 heavy (non-hydrogen) atoms. The predicted molar refractivity (Wildman–Crippen MR) is 77.0 cm³/mol. The first-order chi connectivity index (χ1) is 8.79. The van der Waals surface area contributed by atoms with E-state index in [1.165, 1.54) is 24.3 Å². The van der Waals surface area contributed by atoms with Crippen molar-refractivity contribution in [3.8, 4) is 5.75 Å². The Kier molecular flexibility index (Phi) is 5.32. The van der Waals surface area contributed by atoms with Crippen LogP contribution < -0.4 is 10.5 Å². The van der Waals surface area contributed by atoms with Gasteiger partial charge in [-0.3, -0.25) is 4.98 Å². The van der Waals surface area contributed by atoms with E-state index in [-0.39, 0.29) is 6.04 Å². The fourth-order valence-corrected chi connectivity index (χ4v) is 3.57. The number of nitrogens with two attached hydrogens (primary N) is 1. The van der Waals surface area contributed by atoms with Crippen LogP contribution in [0.5, 0.6) is 5.75 Å². The molecule has 0 saturated carbocycles. The van der Waals surface area contributed by atoms with Gasteiger partial charge in [0.15, 0.2) is 0 Å². The Morgan fingerprint density at radius 3 is 2.94 bits per heavy atom. The summed E-state index contributed by atoms with van der Waals surface area (Å²) in [5.41, 5.74) is 7.38. The largest absolute Gasteiger partial charge is 0.492 e. The molecule has 0 spiro atoms. The van der Waals surface area contributed by atoms with Crippen molar-refractivity contribution in [3.05, 3.63) is 24.0 Å². The van der Waals surface area contributed by atoms with E-state index in [1.807, 2.05) is 19.2 Å². The minimum atomic E-state index is 0.0889. The summed E-state index contributed by atoms with van der Waals surface area (Å²) in [4.78, 5) is 4.21. The van der Waals surface area contributed by atoms with Crippen LogP contribution in [-0.2, 0) is 0 Å². The maximum atomic E-state index is 6.29. The van der Waals surface area contributed by atoms with Crippen molar-refractivity contribution >= 4 is 11.8 Å². The lowest BCUT2D eigenvalue weighted by Crippen LogP contribution is -2.19. The predicted octanol–water partition coefficient (Wildman–Crippen LogP) is 3.01. The Labute approximate surface area is 114 Å². The third kappa shape index (κ3) is 3.89. The maximum Gasteiger partial charge on any atom is 0.137 e. The molecule has 1 aliphatic heterocycles. The number of ether oxygens (including phenoxy) is 1. The van der Waals surface area contributed by atoms with Gasteiger partial charge >= 0.3 is 0 Å². The molecule has 0 aliphatic carbocycles. The molecule has 3 nitrogen and oxygen atoms in total. The lowest BCUT2D eigenvalue weighted by molar-refractivity contribution is 0.337. The zero-order chi connectivity index (χ0) is 12.8. The van der Waals surface area contributed by atoms with Gasteiger partial charge < -0.3 is 10.5 Å². The molecule has 4 heteroatoms. The molecule has 0 amide bonds. The molecule has 0 aromatic carbocycles. The number of hydrogen-bond donors (Lipinski definition) is 1. The average molecular weight is 266 g/mol. The minimum absolute atomic E-state index is 0.0889. The normalized spacial score (nSPS) is 18.6. The summed E-state index contributed by atoms with van der Waals surface area (Å²) in [5, 5.41) is 0. The SMILES string of the molecule is CCOc1cncc(C(N)CC2CCSCC2)c1.